The van der Waals surface area contributed by atoms with E-state index >= 15 is 0 Å². The monoisotopic (exact) mass is 304 g/mol. The lowest BCUT2D eigenvalue weighted by atomic mass is 9.93. The number of hydrogen-bond donors (Lipinski definition) is 1. The van der Waals surface area contributed by atoms with Crippen LogP contribution in [0.5, 0.6) is 0 Å². The molecule has 0 spiro atoms. The van der Waals surface area contributed by atoms with Crippen LogP contribution in [0.2, 0.25) is 0 Å². The van der Waals surface area contributed by atoms with Crippen LogP contribution in [-0.2, 0) is 13.0 Å². The first-order valence-electron chi connectivity index (χ1n) is 8.34. The molecular weight excluding hydrogens is 280 g/mol. The lowest BCUT2D eigenvalue weighted by Gasteiger charge is -2.33. The average molecular weight is 304 g/mol. The summed E-state index contributed by atoms with van der Waals surface area (Å²) in [5.74, 6) is -1.11. The predicted molar refractivity (Wildman–Crippen MR) is 84.4 cm³/mol. The maximum absolute atomic E-state index is 12.7. The highest BCUT2D eigenvalue weighted by atomic mass is 16.4. The van der Waals surface area contributed by atoms with Crippen LogP contribution in [-0.4, -0.2) is 33.6 Å². The fourth-order valence-electron chi connectivity index (χ4n) is 3.88. The van der Waals surface area contributed by atoms with Gasteiger partial charge in [-0.1, -0.05) is 26.2 Å². The summed E-state index contributed by atoms with van der Waals surface area (Å²) >= 11 is 0. The topological polar surface area (TPSA) is 62.5 Å². The van der Waals surface area contributed by atoms with Gasteiger partial charge >= 0.3 is 5.97 Å². The third-order valence-corrected chi connectivity index (χ3v) is 5.11. The second kappa shape index (κ2) is 6.24. The third kappa shape index (κ3) is 2.70. The maximum Gasteiger partial charge on any atom is 0.341 e. The van der Waals surface area contributed by atoms with Crippen LogP contribution < -0.4 is 5.56 Å². The lowest BCUT2D eigenvalue weighted by Crippen LogP contribution is -2.39. The number of fused-ring (bicyclic) bond motifs is 1. The number of nitrogens with zero attached hydrogens (tertiary/aromatic N) is 2. The molecule has 120 valence electrons. The Bertz CT molecular complexity index is 630. The van der Waals surface area contributed by atoms with E-state index in [0.29, 0.717) is 0 Å². The van der Waals surface area contributed by atoms with Gasteiger partial charge in [0.1, 0.15) is 5.56 Å². The van der Waals surface area contributed by atoms with Gasteiger partial charge < -0.3 is 9.67 Å². The zero-order chi connectivity index (χ0) is 15.7. The number of likely N-dealkylation sites (N-methyl/N-ethyl adjacent to an activating group) is 1. The molecule has 2 heterocycles. The molecule has 0 unspecified atom stereocenters. The van der Waals surface area contributed by atoms with Gasteiger partial charge in [-0.3, -0.25) is 9.69 Å². The molecule has 3 rings (SSSR count). The first-order valence-corrected chi connectivity index (χ1v) is 8.34. The molecule has 2 aliphatic rings. The van der Waals surface area contributed by atoms with E-state index in [-0.39, 0.29) is 17.2 Å². The summed E-state index contributed by atoms with van der Waals surface area (Å²) in [7, 11) is 0. The molecule has 0 amide bonds. The van der Waals surface area contributed by atoms with Crippen LogP contribution in [0.1, 0.15) is 66.7 Å². The molecule has 1 N–H and O–H groups in total. The normalized spacial score (nSPS) is 19.9. The molecule has 1 fully saturated rings. The Kier molecular flexibility index (Phi) is 4.34. The number of pyridine rings is 1. The maximum atomic E-state index is 12.7. The second-order valence-corrected chi connectivity index (χ2v) is 6.42. The van der Waals surface area contributed by atoms with E-state index in [1.165, 1.54) is 6.42 Å². The fourth-order valence-corrected chi connectivity index (χ4v) is 3.88. The number of carbonyl (C=O) groups is 1. The average Bonchev–Trinajstić information content (AvgIpc) is 2.54. The van der Waals surface area contributed by atoms with Crippen molar-refractivity contribution in [3.8, 4) is 0 Å². The molecule has 0 bridgehead atoms. The van der Waals surface area contributed by atoms with Gasteiger partial charge in [-0.2, -0.15) is 0 Å². The Labute approximate surface area is 130 Å². The van der Waals surface area contributed by atoms with Crippen molar-refractivity contribution in [1.82, 2.24) is 9.47 Å². The third-order valence-electron chi connectivity index (χ3n) is 5.11. The molecule has 5 heteroatoms. The van der Waals surface area contributed by atoms with Gasteiger partial charge in [0.15, 0.2) is 0 Å². The quantitative estimate of drug-likeness (QED) is 0.931. The molecule has 22 heavy (non-hydrogen) atoms. The van der Waals surface area contributed by atoms with Gasteiger partial charge in [0.25, 0.3) is 5.56 Å². The van der Waals surface area contributed by atoms with Crippen molar-refractivity contribution < 1.29 is 9.90 Å². The molecule has 1 aliphatic heterocycles. The van der Waals surface area contributed by atoms with Crippen LogP contribution in [0.4, 0.5) is 0 Å². The van der Waals surface area contributed by atoms with Gasteiger partial charge in [0.2, 0.25) is 0 Å². The molecular formula is C17H24N2O3. The van der Waals surface area contributed by atoms with Crippen molar-refractivity contribution in [2.45, 2.75) is 58.0 Å². The van der Waals surface area contributed by atoms with E-state index in [0.717, 1.165) is 63.0 Å². The molecule has 0 aromatic carbocycles. The molecule has 1 aromatic heterocycles. The van der Waals surface area contributed by atoms with Crippen LogP contribution in [0.3, 0.4) is 0 Å². The number of aromatic nitrogens is 1. The number of carboxylic acids is 1. The van der Waals surface area contributed by atoms with Gasteiger partial charge in [0.05, 0.1) is 0 Å². The first kappa shape index (κ1) is 15.3. The second-order valence-electron chi connectivity index (χ2n) is 6.42. The highest BCUT2D eigenvalue weighted by Crippen LogP contribution is 2.30. The minimum absolute atomic E-state index is 0.0673. The predicted octanol–water partition coefficient (Wildman–Crippen LogP) is 2.43. The van der Waals surface area contributed by atoms with E-state index in [1.54, 1.807) is 6.07 Å². The SMILES string of the molecule is CCN1CCc2c(cc(C(=O)O)c(=O)n2C2CCCCC2)C1. The Morgan fingerprint density at radius 1 is 1.32 bits per heavy atom. The van der Waals surface area contributed by atoms with Crippen molar-refractivity contribution in [2.24, 2.45) is 0 Å². The van der Waals surface area contributed by atoms with E-state index < -0.39 is 5.97 Å². The molecule has 1 aliphatic carbocycles. The van der Waals surface area contributed by atoms with Crippen molar-refractivity contribution in [2.75, 3.05) is 13.1 Å². The Morgan fingerprint density at radius 3 is 2.68 bits per heavy atom. The smallest absolute Gasteiger partial charge is 0.341 e. The number of carboxylic acid groups (broad SMARTS) is 1. The van der Waals surface area contributed by atoms with Crippen molar-refractivity contribution in [3.05, 3.63) is 33.2 Å². The Morgan fingerprint density at radius 2 is 2.05 bits per heavy atom. The summed E-state index contributed by atoms with van der Waals surface area (Å²) in [5.41, 5.74) is 1.73. The van der Waals surface area contributed by atoms with E-state index in [1.807, 2.05) is 4.57 Å². The summed E-state index contributed by atoms with van der Waals surface area (Å²) in [5, 5.41) is 9.39. The zero-order valence-corrected chi connectivity index (χ0v) is 13.2. The largest absolute Gasteiger partial charge is 0.477 e. The standard InChI is InChI=1S/C17H24N2O3/c1-2-18-9-8-15-12(11-18)10-14(17(21)22)16(20)19(15)13-6-4-3-5-7-13/h10,13H,2-9,11H2,1H3,(H,21,22). The summed E-state index contributed by atoms with van der Waals surface area (Å²) in [6.45, 7) is 4.76. The van der Waals surface area contributed by atoms with Gasteiger partial charge in [-0.05, 0) is 31.0 Å². The highest BCUT2D eigenvalue weighted by molar-refractivity contribution is 5.87. The highest BCUT2D eigenvalue weighted by Gasteiger charge is 2.27. The molecule has 0 radical (unpaired) electrons. The van der Waals surface area contributed by atoms with Crippen LogP contribution in [0, 0.1) is 0 Å². The van der Waals surface area contributed by atoms with Crippen LogP contribution >= 0.6 is 0 Å². The molecule has 5 nitrogen and oxygen atoms in total. The first-order chi connectivity index (χ1) is 10.6. The van der Waals surface area contributed by atoms with E-state index in [9.17, 15) is 14.7 Å². The Hall–Kier alpha value is -1.62. The summed E-state index contributed by atoms with van der Waals surface area (Å²) in [6.07, 6.45) is 6.30. The van der Waals surface area contributed by atoms with Crippen molar-refractivity contribution in [1.29, 1.82) is 0 Å². The number of aromatic carboxylic acids is 1. The zero-order valence-electron chi connectivity index (χ0n) is 13.2. The summed E-state index contributed by atoms with van der Waals surface area (Å²) in [6, 6.07) is 1.80. The Balaban J connectivity index is 2.12. The summed E-state index contributed by atoms with van der Waals surface area (Å²) < 4.78 is 1.84. The fraction of sp³-hybridized carbons (Fsp3) is 0.647. The van der Waals surface area contributed by atoms with Gasteiger partial charge in [0, 0.05) is 31.2 Å². The van der Waals surface area contributed by atoms with Crippen molar-refractivity contribution in [3.63, 3.8) is 0 Å². The van der Waals surface area contributed by atoms with E-state index in [4.69, 9.17) is 0 Å². The van der Waals surface area contributed by atoms with Gasteiger partial charge in [-0.15, -0.1) is 0 Å². The number of rotatable bonds is 3. The molecule has 0 saturated heterocycles. The molecule has 1 saturated carbocycles. The molecule has 0 atom stereocenters. The minimum atomic E-state index is -1.11. The minimum Gasteiger partial charge on any atom is -0.477 e. The van der Waals surface area contributed by atoms with Crippen LogP contribution in [0.15, 0.2) is 10.9 Å². The number of hydrogen-bond acceptors (Lipinski definition) is 3. The van der Waals surface area contributed by atoms with Crippen LogP contribution in [0.25, 0.3) is 0 Å². The van der Waals surface area contributed by atoms with E-state index in [2.05, 4.69) is 11.8 Å². The van der Waals surface area contributed by atoms with Crippen molar-refractivity contribution >= 4 is 5.97 Å². The lowest BCUT2D eigenvalue weighted by molar-refractivity contribution is 0.0693. The molecule has 1 aromatic rings. The summed E-state index contributed by atoms with van der Waals surface area (Å²) in [4.78, 5) is 26.5. The van der Waals surface area contributed by atoms with Gasteiger partial charge in [-0.25, -0.2) is 4.79 Å².